The Morgan fingerprint density at radius 3 is 2.61 bits per heavy atom. The van der Waals surface area contributed by atoms with Crippen LogP contribution in [0.5, 0.6) is 0 Å². The smallest absolute Gasteiger partial charge is 0.149 e. The van der Waals surface area contributed by atoms with Gasteiger partial charge in [0.15, 0.2) is 0 Å². The Morgan fingerprint density at radius 1 is 1.39 bits per heavy atom. The maximum atomic E-state index is 11.3. The van der Waals surface area contributed by atoms with E-state index in [2.05, 4.69) is 24.1 Å². The second-order valence-corrected chi connectivity index (χ2v) is 7.44. The predicted molar refractivity (Wildman–Crippen MR) is 73.2 cm³/mol. The molecular formula is C12H23N3O2S. The van der Waals surface area contributed by atoms with Gasteiger partial charge in [0.05, 0.1) is 17.8 Å². The van der Waals surface area contributed by atoms with Crippen molar-refractivity contribution in [3.8, 4) is 0 Å². The summed E-state index contributed by atoms with van der Waals surface area (Å²) in [4.78, 5) is 4.10. The number of hydrogen-bond donors (Lipinski definition) is 1. The Labute approximate surface area is 110 Å². The third kappa shape index (κ3) is 5.18. The van der Waals surface area contributed by atoms with E-state index in [4.69, 9.17) is 0 Å². The van der Waals surface area contributed by atoms with E-state index in [-0.39, 0.29) is 11.8 Å². The molecule has 0 aliphatic carbocycles. The lowest BCUT2D eigenvalue weighted by Crippen LogP contribution is -2.23. The predicted octanol–water partition coefficient (Wildman–Crippen LogP) is 1.23. The summed E-state index contributed by atoms with van der Waals surface area (Å²) < 4.78 is 24.5. The van der Waals surface area contributed by atoms with Gasteiger partial charge in [-0.3, -0.25) is 0 Å². The van der Waals surface area contributed by atoms with Gasteiger partial charge in [-0.15, -0.1) is 0 Å². The van der Waals surface area contributed by atoms with Crippen molar-refractivity contribution in [1.82, 2.24) is 14.9 Å². The van der Waals surface area contributed by atoms with Gasteiger partial charge in [0.1, 0.15) is 9.84 Å². The van der Waals surface area contributed by atoms with Crippen LogP contribution in [0.25, 0.3) is 0 Å². The van der Waals surface area contributed by atoms with Crippen molar-refractivity contribution < 1.29 is 8.42 Å². The highest BCUT2D eigenvalue weighted by molar-refractivity contribution is 7.90. The van der Waals surface area contributed by atoms with Gasteiger partial charge < -0.3 is 9.88 Å². The Kier molecular flexibility index (Phi) is 5.34. The van der Waals surface area contributed by atoms with Crippen LogP contribution in [0.2, 0.25) is 0 Å². The molecule has 1 atom stereocenters. The molecule has 0 aliphatic heterocycles. The van der Waals surface area contributed by atoms with E-state index < -0.39 is 9.84 Å². The molecule has 0 amide bonds. The van der Waals surface area contributed by atoms with Crippen molar-refractivity contribution in [3.05, 3.63) is 18.2 Å². The molecule has 1 heterocycles. The molecule has 1 unspecified atom stereocenters. The number of nitrogens with one attached hydrogen (secondary N) is 1. The van der Waals surface area contributed by atoms with Crippen molar-refractivity contribution in [2.24, 2.45) is 5.92 Å². The van der Waals surface area contributed by atoms with Gasteiger partial charge in [-0.25, -0.2) is 13.4 Å². The number of aromatic nitrogens is 2. The minimum Gasteiger partial charge on any atom is -0.330 e. The summed E-state index contributed by atoms with van der Waals surface area (Å²) >= 11 is 0. The summed E-state index contributed by atoms with van der Waals surface area (Å²) in [5, 5.41) is 3.34. The molecule has 1 aromatic heterocycles. The van der Waals surface area contributed by atoms with Crippen LogP contribution in [0.4, 0.5) is 0 Å². The van der Waals surface area contributed by atoms with Crippen LogP contribution < -0.4 is 5.32 Å². The molecule has 0 spiro atoms. The second kappa shape index (κ2) is 6.33. The molecule has 0 aromatic carbocycles. The van der Waals surface area contributed by atoms with Crippen molar-refractivity contribution >= 4 is 9.84 Å². The van der Waals surface area contributed by atoms with Crippen LogP contribution in [0.1, 0.15) is 32.5 Å². The second-order valence-electron chi connectivity index (χ2n) is 5.26. The fourth-order valence-corrected chi connectivity index (χ4v) is 2.91. The molecular weight excluding hydrogens is 250 g/mol. The molecule has 5 nitrogen and oxygen atoms in total. The molecule has 0 fully saturated rings. The topological polar surface area (TPSA) is 64.0 Å². The average Bonchev–Trinajstić information content (AvgIpc) is 2.62. The normalized spacial score (nSPS) is 14.1. The maximum Gasteiger partial charge on any atom is 0.149 e. The number of hydrogen-bond acceptors (Lipinski definition) is 4. The van der Waals surface area contributed by atoms with Gasteiger partial charge in [0, 0.05) is 25.0 Å². The summed E-state index contributed by atoms with van der Waals surface area (Å²) in [6, 6.07) is -0.0849. The molecule has 18 heavy (non-hydrogen) atoms. The Hall–Kier alpha value is -0.880. The molecule has 0 radical (unpaired) electrons. The monoisotopic (exact) mass is 273 g/mol. The zero-order valence-corrected chi connectivity index (χ0v) is 12.4. The number of rotatable bonds is 7. The Morgan fingerprint density at radius 2 is 2.06 bits per heavy atom. The van der Waals surface area contributed by atoms with Crippen molar-refractivity contribution in [2.45, 2.75) is 33.4 Å². The molecule has 6 heteroatoms. The summed E-state index contributed by atoms with van der Waals surface area (Å²) in [6.45, 7) is 7.85. The van der Waals surface area contributed by atoms with Crippen LogP contribution in [-0.2, 0) is 16.4 Å². The van der Waals surface area contributed by atoms with Gasteiger partial charge in [-0.05, 0) is 19.4 Å². The average molecular weight is 273 g/mol. The van der Waals surface area contributed by atoms with Crippen LogP contribution in [0.3, 0.4) is 0 Å². The van der Waals surface area contributed by atoms with E-state index in [0.717, 1.165) is 12.2 Å². The van der Waals surface area contributed by atoms with Crippen LogP contribution >= 0.6 is 0 Å². The van der Waals surface area contributed by atoms with Gasteiger partial charge in [-0.1, -0.05) is 13.8 Å². The molecule has 0 aliphatic rings. The molecule has 1 aromatic rings. The van der Waals surface area contributed by atoms with Crippen molar-refractivity contribution in [2.75, 3.05) is 18.6 Å². The minimum atomic E-state index is -2.97. The quantitative estimate of drug-likeness (QED) is 0.811. The maximum absolute atomic E-state index is 11.3. The summed E-state index contributed by atoms with van der Waals surface area (Å²) in [7, 11) is -2.97. The fraction of sp³-hybridized carbons (Fsp3) is 0.750. The largest absolute Gasteiger partial charge is 0.330 e. The zero-order chi connectivity index (χ0) is 13.8. The van der Waals surface area contributed by atoms with Crippen LogP contribution in [0, 0.1) is 5.92 Å². The third-order valence-corrected chi connectivity index (χ3v) is 3.71. The Balaban J connectivity index is 2.64. The van der Waals surface area contributed by atoms with Crippen LogP contribution in [-0.4, -0.2) is 36.5 Å². The number of imidazole rings is 1. The number of sulfone groups is 1. The summed E-state index contributed by atoms with van der Waals surface area (Å²) in [5.41, 5.74) is 1.02. The molecule has 104 valence electrons. The standard InChI is InChI=1S/C12H23N3O2S/c1-10(2)5-13-6-12-7-14-9-15(12)11(3)8-18(4,16)17/h7,9-11,13H,5-6,8H2,1-4H3. The van der Waals surface area contributed by atoms with E-state index in [9.17, 15) is 8.42 Å². The van der Waals surface area contributed by atoms with E-state index in [1.54, 1.807) is 12.5 Å². The SMILES string of the molecule is CC(C)CNCc1cncn1C(C)CS(C)(=O)=O. The zero-order valence-electron chi connectivity index (χ0n) is 11.5. The Bertz CT molecular complexity index is 465. The van der Waals surface area contributed by atoms with Gasteiger partial charge in [0.25, 0.3) is 0 Å². The first kappa shape index (κ1) is 15.2. The highest BCUT2D eigenvalue weighted by atomic mass is 32.2. The van der Waals surface area contributed by atoms with Gasteiger partial charge >= 0.3 is 0 Å². The summed E-state index contributed by atoms with van der Waals surface area (Å²) in [6.07, 6.45) is 4.74. The fourth-order valence-electron chi connectivity index (χ4n) is 1.87. The van der Waals surface area contributed by atoms with E-state index in [0.29, 0.717) is 12.5 Å². The highest BCUT2D eigenvalue weighted by Crippen LogP contribution is 2.12. The molecule has 0 saturated heterocycles. The van der Waals surface area contributed by atoms with E-state index >= 15 is 0 Å². The van der Waals surface area contributed by atoms with Crippen molar-refractivity contribution in [3.63, 3.8) is 0 Å². The van der Waals surface area contributed by atoms with E-state index in [1.165, 1.54) is 6.26 Å². The van der Waals surface area contributed by atoms with Crippen LogP contribution in [0.15, 0.2) is 12.5 Å². The number of nitrogens with zero attached hydrogens (tertiary/aromatic N) is 2. The van der Waals surface area contributed by atoms with Gasteiger partial charge in [0.2, 0.25) is 0 Å². The first-order valence-electron chi connectivity index (χ1n) is 6.18. The minimum absolute atomic E-state index is 0.0849. The molecule has 1 N–H and O–H groups in total. The third-order valence-electron chi connectivity index (χ3n) is 2.62. The molecule has 0 saturated carbocycles. The highest BCUT2D eigenvalue weighted by Gasteiger charge is 2.14. The summed E-state index contributed by atoms with van der Waals surface area (Å²) in [5.74, 6) is 0.732. The molecule has 0 bridgehead atoms. The first-order valence-corrected chi connectivity index (χ1v) is 8.25. The van der Waals surface area contributed by atoms with Gasteiger partial charge in [-0.2, -0.15) is 0 Å². The van der Waals surface area contributed by atoms with Crippen molar-refractivity contribution in [1.29, 1.82) is 0 Å². The lowest BCUT2D eigenvalue weighted by molar-refractivity contribution is 0.512. The molecule has 1 rings (SSSR count). The lowest BCUT2D eigenvalue weighted by atomic mass is 10.2. The van der Waals surface area contributed by atoms with E-state index in [1.807, 2.05) is 11.5 Å². The lowest BCUT2D eigenvalue weighted by Gasteiger charge is -2.16. The first-order chi connectivity index (χ1) is 8.29.